The van der Waals surface area contributed by atoms with E-state index in [1.54, 1.807) is 34.9 Å². The SMILES string of the molecule is O=Nc1c(-c2ccc(Cl)c(Cl)c2)nc2ccccn12. The first-order valence-electron chi connectivity index (χ1n) is 5.46. The highest BCUT2D eigenvalue weighted by molar-refractivity contribution is 6.42. The highest BCUT2D eigenvalue weighted by Crippen LogP contribution is 2.34. The lowest BCUT2D eigenvalue weighted by atomic mass is 10.1. The predicted octanol–water partition coefficient (Wildman–Crippen LogP) is 4.71. The molecule has 0 unspecified atom stereocenters. The van der Waals surface area contributed by atoms with Crippen molar-refractivity contribution in [2.24, 2.45) is 5.18 Å². The topological polar surface area (TPSA) is 46.7 Å². The Hall–Kier alpha value is -1.91. The summed E-state index contributed by atoms with van der Waals surface area (Å²) < 4.78 is 1.63. The third-order valence-corrected chi connectivity index (χ3v) is 3.52. The number of nitrogens with zero attached hydrogens (tertiary/aromatic N) is 3. The molecule has 4 nitrogen and oxygen atoms in total. The lowest BCUT2D eigenvalue weighted by molar-refractivity contribution is 1.16. The number of hydrogen-bond acceptors (Lipinski definition) is 3. The molecule has 1 aromatic carbocycles. The smallest absolute Gasteiger partial charge is 0.209 e. The zero-order chi connectivity index (χ0) is 13.4. The summed E-state index contributed by atoms with van der Waals surface area (Å²) in [6, 6.07) is 10.5. The zero-order valence-electron chi connectivity index (χ0n) is 9.55. The Bertz CT molecular complexity index is 783. The van der Waals surface area contributed by atoms with Crippen LogP contribution in [0.1, 0.15) is 0 Å². The van der Waals surface area contributed by atoms with E-state index in [1.807, 2.05) is 12.1 Å². The molecule has 2 aromatic heterocycles. The molecule has 19 heavy (non-hydrogen) atoms. The van der Waals surface area contributed by atoms with Crippen LogP contribution in [-0.2, 0) is 0 Å². The second kappa shape index (κ2) is 4.64. The van der Waals surface area contributed by atoms with Gasteiger partial charge in [0.25, 0.3) is 0 Å². The third-order valence-electron chi connectivity index (χ3n) is 2.78. The number of nitroso groups, excluding NO2 is 1. The number of pyridine rings is 1. The summed E-state index contributed by atoms with van der Waals surface area (Å²) in [4.78, 5) is 15.4. The first kappa shape index (κ1) is 12.1. The highest BCUT2D eigenvalue weighted by Gasteiger charge is 2.15. The Balaban J connectivity index is 2.29. The van der Waals surface area contributed by atoms with Crippen LogP contribution in [0.5, 0.6) is 0 Å². The third kappa shape index (κ3) is 1.99. The van der Waals surface area contributed by atoms with Crippen molar-refractivity contribution < 1.29 is 0 Å². The minimum atomic E-state index is 0.244. The fourth-order valence-electron chi connectivity index (χ4n) is 1.91. The number of hydrogen-bond donors (Lipinski definition) is 0. The van der Waals surface area contributed by atoms with Crippen LogP contribution in [0.2, 0.25) is 10.0 Å². The zero-order valence-corrected chi connectivity index (χ0v) is 11.1. The molecule has 0 spiro atoms. The minimum Gasteiger partial charge on any atom is -0.281 e. The van der Waals surface area contributed by atoms with Gasteiger partial charge < -0.3 is 0 Å². The van der Waals surface area contributed by atoms with E-state index in [9.17, 15) is 4.91 Å². The largest absolute Gasteiger partial charge is 0.281 e. The molecule has 6 heteroatoms. The van der Waals surface area contributed by atoms with Gasteiger partial charge in [-0.15, -0.1) is 4.91 Å². The van der Waals surface area contributed by atoms with Crippen LogP contribution in [-0.4, -0.2) is 9.38 Å². The van der Waals surface area contributed by atoms with Crippen LogP contribution in [0.25, 0.3) is 16.9 Å². The molecule has 0 N–H and O–H groups in total. The average molecular weight is 292 g/mol. The van der Waals surface area contributed by atoms with E-state index in [-0.39, 0.29) is 5.82 Å². The first-order valence-corrected chi connectivity index (χ1v) is 6.22. The van der Waals surface area contributed by atoms with Gasteiger partial charge >= 0.3 is 0 Å². The van der Waals surface area contributed by atoms with Crippen LogP contribution in [0.15, 0.2) is 47.8 Å². The predicted molar refractivity (Wildman–Crippen MR) is 76.1 cm³/mol. The summed E-state index contributed by atoms with van der Waals surface area (Å²) in [6.07, 6.45) is 1.74. The Morgan fingerprint density at radius 1 is 1.11 bits per heavy atom. The first-order chi connectivity index (χ1) is 9.20. The molecule has 94 valence electrons. The fourth-order valence-corrected chi connectivity index (χ4v) is 2.21. The number of imidazole rings is 1. The molecule has 0 aliphatic heterocycles. The molecule has 0 fully saturated rings. The molecule has 0 saturated carbocycles. The highest BCUT2D eigenvalue weighted by atomic mass is 35.5. The normalized spacial score (nSPS) is 10.8. The molecule has 0 atom stereocenters. The van der Waals surface area contributed by atoms with Crippen LogP contribution in [0, 0.1) is 4.91 Å². The number of rotatable bonds is 2. The van der Waals surface area contributed by atoms with E-state index >= 15 is 0 Å². The maximum absolute atomic E-state index is 11.1. The number of benzene rings is 1. The van der Waals surface area contributed by atoms with Crippen molar-refractivity contribution in [3.63, 3.8) is 0 Å². The van der Waals surface area contributed by atoms with Gasteiger partial charge in [0, 0.05) is 11.8 Å². The molecule has 0 radical (unpaired) electrons. The van der Waals surface area contributed by atoms with Crippen molar-refractivity contribution in [1.29, 1.82) is 0 Å². The van der Waals surface area contributed by atoms with E-state index in [4.69, 9.17) is 23.2 Å². The van der Waals surface area contributed by atoms with Gasteiger partial charge in [-0.1, -0.05) is 35.3 Å². The maximum Gasteiger partial charge on any atom is 0.209 e. The van der Waals surface area contributed by atoms with E-state index in [0.717, 1.165) is 0 Å². The molecule has 0 amide bonds. The average Bonchev–Trinajstić information content (AvgIpc) is 2.80. The number of aromatic nitrogens is 2. The summed E-state index contributed by atoms with van der Waals surface area (Å²) in [5, 5.41) is 3.93. The van der Waals surface area contributed by atoms with E-state index in [1.165, 1.54) is 0 Å². The van der Waals surface area contributed by atoms with Gasteiger partial charge in [-0.25, -0.2) is 4.98 Å². The second-order valence-corrected chi connectivity index (χ2v) is 4.75. The van der Waals surface area contributed by atoms with Gasteiger partial charge in [-0.05, 0) is 29.4 Å². The van der Waals surface area contributed by atoms with Gasteiger partial charge in [0.05, 0.1) is 10.0 Å². The van der Waals surface area contributed by atoms with Crippen molar-refractivity contribution in [2.75, 3.05) is 0 Å². The van der Waals surface area contributed by atoms with Gasteiger partial charge in [-0.2, -0.15) is 0 Å². The quantitative estimate of drug-likeness (QED) is 0.642. The molecular weight excluding hydrogens is 285 g/mol. The van der Waals surface area contributed by atoms with Crippen LogP contribution in [0.3, 0.4) is 0 Å². The van der Waals surface area contributed by atoms with E-state index in [2.05, 4.69) is 10.2 Å². The van der Waals surface area contributed by atoms with Crippen molar-refractivity contribution in [3.8, 4) is 11.3 Å². The Morgan fingerprint density at radius 3 is 2.68 bits per heavy atom. The van der Waals surface area contributed by atoms with Crippen molar-refractivity contribution >= 4 is 34.7 Å². The summed E-state index contributed by atoms with van der Waals surface area (Å²) in [6.45, 7) is 0. The maximum atomic E-state index is 11.1. The van der Waals surface area contributed by atoms with Gasteiger partial charge in [0.15, 0.2) is 0 Å². The van der Waals surface area contributed by atoms with Crippen molar-refractivity contribution in [1.82, 2.24) is 9.38 Å². The van der Waals surface area contributed by atoms with E-state index in [0.29, 0.717) is 26.9 Å². The standard InChI is InChI=1S/C13H7Cl2N3O/c14-9-5-4-8(7-10(9)15)12-13(17-19)18-6-2-1-3-11(18)16-12/h1-7H. The lowest BCUT2D eigenvalue weighted by Gasteiger charge is -2.00. The Kier molecular flexibility index (Phi) is 2.97. The fraction of sp³-hybridized carbons (Fsp3) is 0. The molecule has 0 bridgehead atoms. The molecule has 0 saturated heterocycles. The minimum absolute atomic E-state index is 0.244. The number of halogens is 2. The molecule has 3 aromatic rings. The van der Waals surface area contributed by atoms with Crippen LogP contribution >= 0.6 is 23.2 Å². The Labute approximate surface area is 118 Å². The number of fused-ring (bicyclic) bond motifs is 1. The van der Waals surface area contributed by atoms with Crippen molar-refractivity contribution in [3.05, 3.63) is 57.5 Å². The summed E-state index contributed by atoms with van der Waals surface area (Å²) in [5.41, 5.74) is 1.84. The van der Waals surface area contributed by atoms with Gasteiger partial charge in [0.1, 0.15) is 11.3 Å². The molecule has 0 aliphatic rings. The van der Waals surface area contributed by atoms with Gasteiger partial charge in [0.2, 0.25) is 5.82 Å². The lowest BCUT2D eigenvalue weighted by Crippen LogP contribution is -1.81. The van der Waals surface area contributed by atoms with Crippen LogP contribution in [0.4, 0.5) is 5.82 Å². The monoisotopic (exact) mass is 291 g/mol. The molecule has 3 rings (SSSR count). The molecule has 2 heterocycles. The summed E-state index contributed by atoms with van der Waals surface area (Å²) in [7, 11) is 0. The second-order valence-electron chi connectivity index (χ2n) is 3.93. The Morgan fingerprint density at radius 2 is 1.95 bits per heavy atom. The van der Waals surface area contributed by atoms with Gasteiger partial charge in [-0.3, -0.25) is 4.40 Å². The van der Waals surface area contributed by atoms with E-state index < -0.39 is 0 Å². The molecule has 0 aliphatic carbocycles. The van der Waals surface area contributed by atoms with Crippen LogP contribution < -0.4 is 0 Å². The summed E-state index contributed by atoms with van der Waals surface area (Å²) >= 11 is 11.9. The summed E-state index contributed by atoms with van der Waals surface area (Å²) in [5.74, 6) is 0.244. The van der Waals surface area contributed by atoms with Crippen molar-refractivity contribution in [2.45, 2.75) is 0 Å². The molecular formula is C13H7Cl2N3O.